The van der Waals surface area contributed by atoms with E-state index in [1.807, 2.05) is 53.2 Å². The fraction of sp³-hybridized carbons (Fsp3) is 0.0556. The molecule has 0 aliphatic carbocycles. The van der Waals surface area contributed by atoms with Crippen molar-refractivity contribution >= 4 is 40.0 Å². The summed E-state index contributed by atoms with van der Waals surface area (Å²) in [4.78, 5) is 22.1. The van der Waals surface area contributed by atoms with E-state index < -0.39 is 5.97 Å². The number of carbonyl (C=O) groups excluding carboxylic acids is 1. The number of thiazole rings is 2. The molecule has 1 aromatic carbocycles. The van der Waals surface area contributed by atoms with Crippen molar-refractivity contribution in [2.75, 3.05) is 0 Å². The Labute approximate surface area is 156 Å². The lowest BCUT2D eigenvalue weighted by Gasteiger charge is -2.00. The molecule has 7 heteroatoms. The van der Waals surface area contributed by atoms with Crippen LogP contribution in [0.25, 0.3) is 20.5 Å². The Bertz CT molecular complexity index is 975. The summed E-state index contributed by atoms with van der Waals surface area (Å²) < 4.78 is 5.35. The highest BCUT2D eigenvalue weighted by Gasteiger charge is 2.14. The van der Waals surface area contributed by atoms with Gasteiger partial charge in [-0.2, -0.15) is 0 Å². The van der Waals surface area contributed by atoms with Crippen LogP contribution in [-0.4, -0.2) is 15.9 Å². The lowest BCUT2D eigenvalue weighted by atomic mass is 10.2. The number of carbonyl (C=O) groups is 1. The molecule has 0 bridgehead atoms. The van der Waals surface area contributed by atoms with Gasteiger partial charge >= 0.3 is 5.97 Å². The predicted molar refractivity (Wildman–Crippen MR) is 102 cm³/mol. The van der Waals surface area contributed by atoms with Crippen molar-refractivity contribution in [2.45, 2.75) is 6.61 Å². The Morgan fingerprint density at radius 2 is 1.76 bits per heavy atom. The fourth-order valence-corrected chi connectivity index (χ4v) is 4.59. The number of hydrogen-bond donors (Lipinski definition) is 0. The van der Waals surface area contributed by atoms with E-state index in [2.05, 4.69) is 9.97 Å². The monoisotopic (exact) mass is 384 g/mol. The third-order valence-corrected chi connectivity index (χ3v) is 6.19. The second kappa shape index (κ2) is 7.26. The number of esters is 1. The smallest absolute Gasteiger partial charge is 0.358 e. The SMILES string of the molecule is O=C(OCc1csc(-c2ccccc2)n1)c1csc(-c2cccs2)n1. The van der Waals surface area contributed by atoms with E-state index in [4.69, 9.17) is 4.74 Å². The van der Waals surface area contributed by atoms with Crippen molar-refractivity contribution < 1.29 is 9.53 Å². The van der Waals surface area contributed by atoms with E-state index in [1.165, 1.54) is 22.7 Å². The molecule has 0 unspecified atom stereocenters. The standard InChI is InChI=1S/C18H12N2O2S3/c21-18(14-11-25-17(20-14)15-7-4-8-23-15)22-9-13-10-24-16(19-13)12-5-2-1-3-6-12/h1-8,10-11H,9H2. The number of rotatable bonds is 5. The predicted octanol–water partition coefficient (Wildman–Crippen LogP) is 5.35. The van der Waals surface area contributed by atoms with E-state index in [0.29, 0.717) is 5.69 Å². The minimum atomic E-state index is -0.423. The van der Waals surface area contributed by atoms with Crippen LogP contribution in [0.3, 0.4) is 0 Å². The molecule has 124 valence electrons. The molecule has 0 radical (unpaired) electrons. The van der Waals surface area contributed by atoms with Crippen LogP contribution < -0.4 is 0 Å². The summed E-state index contributed by atoms with van der Waals surface area (Å²) >= 11 is 4.58. The first-order valence-corrected chi connectivity index (χ1v) is 10.1. The molecule has 4 nitrogen and oxygen atoms in total. The van der Waals surface area contributed by atoms with Crippen LogP contribution in [-0.2, 0) is 11.3 Å². The molecule has 0 saturated heterocycles. The topological polar surface area (TPSA) is 52.1 Å². The molecule has 3 heterocycles. The summed E-state index contributed by atoms with van der Waals surface area (Å²) in [5, 5.41) is 7.38. The van der Waals surface area contributed by atoms with Crippen molar-refractivity contribution in [1.82, 2.24) is 9.97 Å². The van der Waals surface area contributed by atoms with Gasteiger partial charge in [-0.25, -0.2) is 14.8 Å². The van der Waals surface area contributed by atoms with Gasteiger partial charge in [0.1, 0.15) is 16.6 Å². The third-order valence-electron chi connectivity index (χ3n) is 3.37. The highest BCUT2D eigenvalue weighted by molar-refractivity contribution is 7.20. The van der Waals surface area contributed by atoms with Crippen LogP contribution in [0, 0.1) is 0 Å². The summed E-state index contributed by atoms with van der Waals surface area (Å²) in [5.41, 5.74) is 2.14. The zero-order valence-electron chi connectivity index (χ0n) is 12.9. The van der Waals surface area contributed by atoms with Crippen molar-refractivity contribution in [3.05, 3.63) is 70.0 Å². The quantitative estimate of drug-likeness (QED) is 0.435. The number of aromatic nitrogens is 2. The summed E-state index contributed by atoms with van der Waals surface area (Å²) in [6.07, 6.45) is 0. The van der Waals surface area contributed by atoms with E-state index >= 15 is 0 Å². The Kier molecular flexibility index (Phi) is 4.69. The van der Waals surface area contributed by atoms with E-state index in [0.717, 1.165) is 26.1 Å². The van der Waals surface area contributed by atoms with Crippen molar-refractivity contribution in [3.8, 4) is 20.5 Å². The molecule has 0 aliphatic heterocycles. The zero-order valence-corrected chi connectivity index (χ0v) is 15.4. The van der Waals surface area contributed by atoms with E-state index in [-0.39, 0.29) is 6.61 Å². The maximum absolute atomic E-state index is 12.2. The molecule has 0 aliphatic rings. The lowest BCUT2D eigenvalue weighted by molar-refractivity contribution is 0.0462. The second-order valence-electron chi connectivity index (χ2n) is 5.10. The first-order valence-electron chi connectivity index (χ1n) is 7.46. The summed E-state index contributed by atoms with van der Waals surface area (Å²) in [5.74, 6) is -0.423. The van der Waals surface area contributed by atoms with Gasteiger partial charge in [0.25, 0.3) is 0 Å². The van der Waals surface area contributed by atoms with Gasteiger partial charge in [-0.3, -0.25) is 0 Å². The molecule has 0 atom stereocenters. The van der Waals surface area contributed by atoms with Gasteiger partial charge in [0.2, 0.25) is 0 Å². The van der Waals surface area contributed by atoms with E-state index in [1.54, 1.807) is 16.7 Å². The Hall–Kier alpha value is -2.35. The van der Waals surface area contributed by atoms with Crippen LogP contribution in [0.5, 0.6) is 0 Å². The largest absolute Gasteiger partial charge is 0.454 e. The molecule has 25 heavy (non-hydrogen) atoms. The molecule has 0 spiro atoms. The van der Waals surface area contributed by atoms with Crippen molar-refractivity contribution in [1.29, 1.82) is 0 Å². The first kappa shape index (κ1) is 16.1. The van der Waals surface area contributed by atoms with Crippen LogP contribution in [0.2, 0.25) is 0 Å². The first-order chi connectivity index (χ1) is 12.3. The van der Waals surface area contributed by atoms with Crippen LogP contribution >= 0.6 is 34.0 Å². The van der Waals surface area contributed by atoms with Gasteiger partial charge < -0.3 is 4.74 Å². The Balaban J connectivity index is 1.40. The molecule has 4 rings (SSSR count). The molecular weight excluding hydrogens is 372 g/mol. The van der Waals surface area contributed by atoms with Gasteiger partial charge in [0.15, 0.2) is 5.69 Å². The summed E-state index contributed by atoms with van der Waals surface area (Å²) in [6.45, 7) is 0.147. The van der Waals surface area contributed by atoms with Gasteiger partial charge in [-0.15, -0.1) is 34.0 Å². The number of ether oxygens (including phenoxy) is 1. The lowest BCUT2D eigenvalue weighted by Crippen LogP contribution is -2.05. The Morgan fingerprint density at radius 1 is 0.920 bits per heavy atom. The summed E-state index contributed by atoms with van der Waals surface area (Å²) in [6, 6.07) is 13.9. The van der Waals surface area contributed by atoms with Crippen molar-refractivity contribution in [3.63, 3.8) is 0 Å². The molecular formula is C18H12N2O2S3. The Morgan fingerprint density at radius 3 is 2.56 bits per heavy atom. The highest BCUT2D eigenvalue weighted by atomic mass is 32.1. The average molecular weight is 385 g/mol. The van der Waals surface area contributed by atoms with Crippen LogP contribution in [0.1, 0.15) is 16.2 Å². The fourth-order valence-electron chi connectivity index (χ4n) is 2.18. The molecule has 0 amide bonds. The molecule has 0 saturated carbocycles. The molecule has 3 aromatic heterocycles. The number of nitrogens with zero attached hydrogens (tertiary/aromatic N) is 2. The number of hydrogen-bond acceptors (Lipinski definition) is 7. The molecule has 0 N–H and O–H groups in total. The number of benzene rings is 1. The maximum atomic E-state index is 12.2. The van der Waals surface area contributed by atoms with E-state index in [9.17, 15) is 4.79 Å². The zero-order chi connectivity index (χ0) is 17.1. The van der Waals surface area contributed by atoms with Gasteiger partial charge in [0.05, 0.1) is 10.6 Å². The summed E-state index contributed by atoms with van der Waals surface area (Å²) in [7, 11) is 0. The molecule has 0 fully saturated rings. The van der Waals surface area contributed by atoms with Crippen LogP contribution in [0.15, 0.2) is 58.6 Å². The minimum absolute atomic E-state index is 0.147. The molecule has 4 aromatic rings. The number of thiophene rings is 1. The average Bonchev–Trinajstić information content (AvgIpc) is 3.41. The highest BCUT2D eigenvalue weighted by Crippen LogP contribution is 2.28. The van der Waals surface area contributed by atoms with Gasteiger partial charge in [0, 0.05) is 16.3 Å². The maximum Gasteiger partial charge on any atom is 0.358 e. The van der Waals surface area contributed by atoms with Crippen LogP contribution in [0.4, 0.5) is 0 Å². The second-order valence-corrected chi connectivity index (χ2v) is 7.77. The van der Waals surface area contributed by atoms with Gasteiger partial charge in [-0.05, 0) is 11.4 Å². The van der Waals surface area contributed by atoms with Gasteiger partial charge in [-0.1, -0.05) is 36.4 Å². The van der Waals surface area contributed by atoms with Crippen molar-refractivity contribution in [2.24, 2.45) is 0 Å². The normalized spacial score (nSPS) is 10.7. The minimum Gasteiger partial charge on any atom is -0.454 e. The third kappa shape index (κ3) is 3.68.